The Kier molecular flexibility index (Phi) is 7.88. The number of imidazole rings is 1. The number of nitrogens with zero attached hydrogens (tertiary/aromatic N) is 5. The second-order valence-electron chi connectivity index (χ2n) is 11.2. The van der Waals surface area contributed by atoms with Crippen LogP contribution in [0.4, 0.5) is 5.82 Å². The van der Waals surface area contributed by atoms with E-state index < -0.39 is 0 Å². The molecular weight excluding hydrogens is 530 g/mol. The Morgan fingerprint density at radius 3 is 2.76 bits per heavy atom. The smallest absolute Gasteiger partial charge is 0.297 e. The first kappa shape index (κ1) is 28.2. The van der Waals surface area contributed by atoms with E-state index in [2.05, 4.69) is 48.1 Å². The summed E-state index contributed by atoms with van der Waals surface area (Å²) in [5, 5.41) is 8.00. The largest absolute Gasteiger partial charge is 0.459 e. The van der Waals surface area contributed by atoms with E-state index in [1.54, 1.807) is 0 Å². The monoisotopic (exact) mass is 569 g/mol. The van der Waals surface area contributed by atoms with Crippen molar-refractivity contribution in [3.05, 3.63) is 66.5 Å². The van der Waals surface area contributed by atoms with E-state index in [9.17, 15) is 0 Å². The minimum absolute atomic E-state index is 0.0437. The van der Waals surface area contributed by atoms with Crippen LogP contribution in [0.1, 0.15) is 44.1 Å². The molecule has 9 heteroatoms. The maximum absolute atomic E-state index is 7.00. The van der Waals surface area contributed by atoms with Crippen LogP contribution in [-0.2, 0) is 11.2 Å². The summed E-state index contributed by atoms with van der Waals surface area (Å²) in [6, 6.07) is 15.6. The number of ether oxygens (including phenoxy) is 2. The molecule has 0 bridgehead atoms. The zero-order chi connectivity index (χ0) is 29.4. The van der Waals surface area contributed by atoms with E-state index in [1.165, 1.54) is 5.56 Å². The fourth-order valence-corrected chi connectivity index (χ4v) is 6.41. The molecule has 5 aromatic rings. The first-order chi connectivity index (χ1) is 20.5. The SMILES string of the molecule is C=C[C@@H]1C[C@H](Oc2nc3cc(CC)ccc3n2C2CCOC[C@@H]2C)CN1c1nc(C)nc2c1oc1ccccc12.CO. The van der Waals surface area contributed by atoms with Gasteiger partial charge in [0.25, 0.3) is 6.01 Å². The quantitative estimate of drug-likeness (QED) is 0.248. The number of furan rings is 1. The molecule has 3 aromatic heterocycles. The number of aromatic nitrogens is 4. The molecule has 0 radical (unpaired) electrons. The number of rotatable bonds is 6. The molecule has 4 atom stereocenters. The number of aliphatic hydroxyl groups is 1. The van der Waals surface area contributed by atoms with Crippen LogP contribution in [0.15, 0.2) is 59.5 Å². The predicted molar refractivity (Wildman–Crippen MR) is 165 cm³/mol. The van der Waals surface area contributed by atoms with Crippen LogP contribution in [0, 0.1) is 12.8 Å². The number of benzene rings is 2. The molecule has 2 aromatic carbocycles. The molecule has 5 heterocycles. The molecule has 2 saturated heterocycles. The normalized spacial score (nSPS) is 22.5. The zero-order valence-electron chi connectivity index (χ0n) is 24.8. The third-order valence-corrected chi connectivity index (χ3v) is 8.49. The molecule has 1 N–H and O–H groups in total. The number of hydrogen-bond donors (Lipinski definition) is 1. The number of aryl methyl sites for hydroxylation is 2. The van der Waals surface area contributed by atoms with Crippen molar-refractivity contribution in [1.82, 2.24) is 19.5 Å². The van der Waals surface area contributed by atoms with Crippen LogP contribution in [0.5, 0.6) is 6.01 Å². The van der Waals surface area contributed by atoms with Gasteiger partial charge >= 0.3 is 0 Å². The molecule has 2 fully saturated rings. The molecule has 0 amide bonds. The number of anilines is 1. The number of hydrogen-bond acceptors (Lipinski definition) is 8. The van der Waals surface area contributed by atoms with Gasteiger partial charge in [-0.15, -0.1) is 6.58 Å². The Hall–Kier alpha value is -3.95. The molecule has 42 heavy (non-hydrogen) atoms. The molecule has 0 spiro atoms. The fraction of sp³-hybridized carbons (Fsp3) is 0.424. The lowest BCUT2D eigenvalue weighted by atomic mass is 9.97. The van der Waals surface area contributed by atoms with Crippen molar-refractivity contribution in [3.63, 3.8) is 0 Å². The maximum Gasteiger partial charge on any atom is 0.297 e. The van der Waals surface area contributed by atoms with Gasteiger partial charge in [-0.3, -0.25) is 4.57 Å². The highest BCUT2D eigenvalue weighted by molar-refractivity contribution is 6.05. The third-order valence-electron chi connectivity index (χ3n) is 8.49. The Labute approximate surface area is 245 Å². The van der Waals surface area contributed by atoms with Gasteiger partial charge in [0.2, 0.25) is 0 Å². The summed E-state index contributed by atoms with van der Waals surface area (Å²) in [5.74, 6) is 1.86. The van der Waals surface area contributed by atoms with Crippen LogP contribution in [0.25, 0.3) is 33.1 Å². The fourth-order valence-electron chi connectivity index (χ4n) is 6.41. The van der Waals surface area contributed by atoms with Gasteiger partial charge in [-0.05, 0) is 49.6 Å². The van der Waals surface area contributed by atoms with Crippen LogP contribution in [0.2, 0.25) is 0 Å². The van der Waals surface area contributed by atoms with Crippen LogP contribution < -0.4 is 9.64 Å². The first-order valence-corrected chi connectivity index (χ1v) is 14.8. The summed E-state index contributed by atoms with van der Waals surface area (Å²) in [6.07, 6.45) is 4.58. The van der Waals surface area contributed by atoms with E-state index in [-0.39, 0.29) is 18.2 Å². The lowest BCUT2D eigenvalue weighted by Gasteiger charge is -2.31. The van der Waals surface area contributed by atoms with Gasteiger partial charge in [0, 0.05) is 37.5 Å². The second-order valence-corrected chi connectivity index (χ2v) is 11.2. The molecule has 2 aliphatic heterocycles. The van der Waals surface area contributed by atoms with Gasteiger partial charge in [-0.2, -0.15) is 4.98 Å². The van der Waals surface area contributed by atoms with Crippen molar-refractivity contribution >= 4 is 38.9 Å². The number of para-hydroxylation sites is 1. The first-order valence-electron chi connectivity index (χ1n) is 14.8. The van der Waals surface area contributed by atoms with Gasteiger partial charge in [0.05, 0.1) is 30.2 Å². The van der Waals surface area contributed by atoms with Gasteiger partial charge in [0.15, 0.2) is 11.4 Å². The Balaban J connectivity index is 0.00000155. The molecule has 2 aliphatic rings. The van der Waals surface area contributed by atoms with Crippen molar-refractivity contribution in [2.75, 3.05) is 31.8 Å². The van der Waals surface area contributed by atoms with Gasteiger partial charge in [-0.25, -0.2) is 9.97 Å². The van der Waals surface area contributed by atoms with E-state index in [0.717, 1.165) is 72.9 Å². The Morgan fingerprint density at radius 1 is 1.14 bits per heavy atom. The van der Waals surface area contributed by atoms with Crippen molar-refractivity contribution < 1.29 is 19.0 Å². The van der Waals surface area contributed by atoms with E-state index in [0.29, 0.717) is 29.9 Å². The highest BCUT2D eigenvalue weighted by atomic mass is 16.5. The van der Waals surface area contributed by atoms with E-state index in [4.69, 9.17) is 33.9 Å². The van der Waals surface area contributed by atoms with Crippen molar-refractivity contribution in [2.24, 2.45) is 5.92 Å². The van der Waals surface area contributed by atoms with E-state index >= 15 is 0 Å². The molecule has 9 nitrogen and oxygen atoms in total. The molecule has 0 aliphatic carbocycles. The molecule has 7 rings (SSSR count). The summed E-state index contributed by atoms with van der Waals surface area (Å²) in [5.41, 5.74) is 5.74. The lowest BCUT2D eigenvalue weighted by molar-refractivity contribution is 0.0260. The molecule has 220 valence electrons. The standard InChI is InChI=1S/C32H35N5O3.CH4O/c1-5-21-11-12-27-25(15-21)35-32(37(27)26-13-14-38-18-19(26)3)39-23-16-22(6-2)36(17-23)31-30-29(33-20(4)34-31)24-9-7-8-10-28(24)40-30;1-2/h6-12,15,19,22-23,26H,2,5,13-14,16-18H2,1,3-4H3;2H,1H3/t19-,22+,23-,26?;/m0./s1. The minimum Gasteiger partial charge on any atom is -0.459 e. The Morgan fingerprint density at radius 2 is 1.98 bits per heavy atom. The second kappa shape index (κ2) is 11.7. The van der Waals surface area contributed by atoms with Crippen LogP contribution >= 0.6 is 0 Å². The van der Waals surface area contributed by atoms with E-state index in [1.807, 2.05) is 37.3 Å². The van der Waals surface area contributed by atoms with Crippen molar-refractivity contribution in [3.8, 4) is 6.01 Å². The maximum atomic E-state index is 7.00. The topological polar surface area (TPSA) is 98.7 Å². The molecular formula is C33H39N5O4. The highest BCUT2D eigenvalue weighted by Gasteiger charge is 2.37. The molecule has 1 unspecified atom stereocenters. The summed E-state index contributed by atoms with van der Waals surface area (Å²) in [7, 11) is 1.00. The average molecular weight is 570 g/mol. The number of fused-ring (bicyclic) bond motifs is 4. The van der Waals surface area contributed by atoms with Crippen LogP contribution in [0.3, 0.4) is 0 Å². The number of aliphatic hydroxyl groups excluding tert-OH is 1. The summed E-state index contributed by atoms with van der Waals surface area (Å²) in [6.45, 7) is 12.6. The Bertz CT molecular complexity index is 1730. The van der Waals surface area contributed by atoms with Gasteiger partial charge < -0.3 is 23.9 Å². The third kappa shape index (κ3) is 4.90. The van der Waals surface area contributed by atoms with Crippen molar-refractivity contribution in [1.29, 1.82) is 0 Å². The van der Waals surface area contributed by atoms with Gasteiger partial charge in [0.1, 0.15) is 23.0 Å². The van der Waals surface area contributed by atoms with Crippen LogP contribution in [-0.4, -0.2) is 63.6 Å². The minimum atomic E-state index is -0.0888. The molecule has 0 saturated carbocycles. The highest BCUT2D eigenvalue weighted by Crippen LogP contribution is 2.39. The predicted octanol–water partition coefficient (Wildman–Crippen LogP) is 6.01. The zero-order valence-corrected chi connectivity index (χ0v) is 24.8. The van der Waals surface area contributed by atoms with Crippen molar-refractivity contribution in [2.45, 2.75) is 58.2 Å². The summed E-state index contributed by atoms with van der Waals surface area (Å²) < 4.78 is 21.2. The van der Waals surface area contributed by atoms with Gasteiger partial charge in [-0.1, -0.05) is 38.1 Å². The summed E-state index contributed by atoms with van der Waals surface area (Å²) >= 11 is 0. The lowest BCUT2D eigenvalue weighted by Crippen LogP contribution is -2.31. The average Bonchev–Trinajstić information content (AvgIpc) is 3.71. The summed E-state index contributed by atoms with van der Waals surface area (Å²) in [4.78, 5) is 16.9.